The van der Waals surface area contributed by atoms with E-state index < -0.39 is 11.3 Å². The minimum absolute atomic E-state index is 0.218. The van der Waals surface area contributed by atoms with Crippen molar-refractivity contribution >= 4 is 17.5 Å². The average Bonchev–Trinajstić information content (AvgIpc) is 2.68. The van der Waals surface area contributed by atoms with Crippen LogP contribution in [0, 0.1) is 5.92 Å². The molecule has 0 heterocycles. The van der Waals surface area contributed by atoms with Gasteiger partial charge in [-0.05, 0) is 30.9 Å². The van der Waals surface area contributed by atoms with Crippen LogP contribution < -0.4 is 5.32 Å². The van der Waals surface area contributed by atoms with Crippen LogP contribution in [0.5, 0.6) is 0 Å². The van der Waals surface area contributed by atoms with E-state index in [1.807, 2.05) is 0 Å². The monoisotopic (exact) mass is 211 g/mol. The third-order valence-corrected chi connectivity index (χ3v) is 2.19. The van der Waals surface area contributed by atoms with Gasteiger partial charge in [0, 0.05) is 6.04 Å². The topological polar surface area (TPSA) is 29.1 Å². The van der Waals surface area contributed by atoms with E-state index in [4.69, 9.17) is 0 Å². The lowest BCUT2D eigenvalue weighted by molar-refractivity contribution is -0.136. The lowest BCUT2D eigenvalue weighted by atomic mass is 10.1. The molecule has 0 radical (unpaired) electrons. The first-order valence-electron chi connectivity index (χ1n) is 4.27. The van der Waals surface area contributed by atoms with Gasteiger partial charge in [-0.3, -0.25) is 4.79 Å². The second-order valence-corrected chi connectivity index (χ2v) is 4.03. The zero-order valence-electron chi connectivity index (χ0n) is 7.32. The first-order valence-corrected chi connectivity index (χ1v) is 4.65. The van der Waals surface area contributed by atoms with Crippen molar-refractivity contribution in [3.63, 3.8) is 0 Å². The lowest BCUT2D eigenvalue weighted by Crippen LogP contribution is -2.41. The Kier molecular flexibility index (Phi) is 3.11. The van der Waals surface area contributed by atoms with Gasteiger partial charge >= 0.3 is 11.3 Å². The van der Waals surface area contributed by atoms with E-state index in [1.165, 1.54) is 0 Å². The summed E-state index contributed by atoms with van der Waals surface area (Å²) >= 11 is 4.53. The summed E-state index contributed by atoms with van der Waals surface area (Å²) in [6.07, 6.45) is 3.04. The summed E-state index contributed by atoms with van der Waals surface area (Å²) in [6, 6.07) is -0.218. The summed E-state index contributed by atoms with van der Waals surface area (Å²) in [5.41, 5.74) is 0. The summed E-state index contributed by atoms with van der Waals surface area (Å²) in [5, 5.41) is -1.61. The zero-order chi connectivity index (χ0) is 10.1. The van der Waals surface area contributed by atoms with Crippen molar-refractivity contribution in [2.45, 2.75) is 37.6 Å². The normalized spacial score (nSPS) is 19.7. The molecule has 1 N–H and O–H groups in total. The highest BCUT2D eigenvalue weighted by atomic mass is 35.5. The van der Waals surface area contributed by atoms with E-state index in [-0.39, 0.29) is 6.04 Å². The molecule has 1 atom stereocenters. The molecule has 1 unspecified atom stereocenters. The van der Waals surface area contributed by atoms with Crippen LogP contribution in [0.1, 0.15) is 26.2 Å². The number of alkyl halides is 3. The molecular weight excluding hydrogens is 200 g/mol. The van der Waals surface area contributed by atoms with Crippen molar-refractivity contribution in [2.75, 3.05) is 0 Å². The minimum atomic E-state index is -3.78. The van der Waals surface area contributed by atoms with Gasteiger partial charge in [0.2, 0.25) is 0 Å². The van der Waals surface area contributed by atoms with Crippen molar-refractivity contribution in [1.29, 1.82) is 0 Å². The number of carbonyl (C=O) groups is 1. The maximum atomic E-state index is 12.2. The van der Waals surface area contributed by atoms with Gasteiger partial charge in [-0.15, -0.1) is 0 Å². The molecule has 0 bridgehead atoms. The Bertz CT molecular complexity index is 201. The molecule has 0 aromatic carbocycles. The maximum absolute atomic E-state index is 12.2. The van der Waals surface area contributed by atoms with E-state index in [0.717, 1.165) is 19.3 Å². The molecular formula is C8H12ClF2NO. The smallest absolute Gasteiger partial charge is 0.347 e. The predicted molar refractivity (Wildman–Crippen MR) is 45.7 cm³/mol. The molecule has 0 aromatic heterocycles. The van der Waals surface area contributed by atoms with Crippen LogP contribution in [0.25, 0.3) is 0 Å². The number of hydrogen-bond donors (Lipinski definition) is 1. The molecule has 13 heavy (non-hydrogen) atoms. The molecule has 1 aliphatic rings. The van der Waals surface area contributed by atoms with Crippen molar-refractivity contribution in [2.24, 2.45) is 5.92 Å². The quantitative estimate of drug-likeness (QED) is 0.710. The van der Waals surface area contributed by atoms with Gasteiger partial charge < -0.3 is 5.32 Å². The maximum Gasteiger partial charge on any atom is 0.399 e. The van der Waals surface area contributed by atoms with E-state index >= 15 is 0 Å². The molecule has 1 amide bonds. The zero-order valence-corrected chi connectivity index (χ0v) is 8.07. The average molecular weight is 212 g/mol. The Morgan fingerprint density at radius 1 is 1.69 bits per heavy atom. The van der Waals surface area contributed by atoms with E-state index in [0.29, 0.717) is 5.92 Å². The molecule has 76 valence electrons. The van der Waals surface area contributed by atoms with Crippen LogP contribution in [0.15, 0.2) is 0 Å². The predicted octanol–water partition coefficient (Wildman–Crippen LogP) is 2.12. The number of hydrogen-bond acceptors (Lipinski definition) is 1. The van der Waals surface area contributed by atoms with Gasteiger partial charge in [-0.25, -0.2) is 0 Å². The largest absolute Gasteiger partial charge is 0.399 e. The number of rotatable bonds is 4. The summed E-state index contributed by atoms with van der Waals surface area (Å²) in [6.45, 7) is 1.71. The number of amides is 1. The summed E-state index contributed by atoms with van der Waals surface area (Å²) in [5.74, 6) is -0.804. The fourth-order valence-electron chi connectivity index (χ4n) is 1.22. The van der Waals surface area contributed by atoms with Gasteiger partial charge in [0.25, 0.3) is 0 Å². The second-order valence-electron chi connectivity index (χ2n) is 3.55. The Morgan fingerprint density at radius 2 is 2.23 bits per heavy atom. The molecule has 1 fully saturated rings. The molecule has 1 rings (SSSR count). The highest BCUT2D eigenvalue weighted by Gasteiger charge is 2.37. The molecule has 0 aliphatic heterocycles. The highest BCUT2D eigenvalue weighted by Crippen LogP contribution is 2.33. The van der Waals surface area contributed by atoms with Gasteiger partial charge in [0.15, 0.2) is 0 Å². The molecule has 1 saturated carbocycles. The fraction of sp³-hybridized carbons (Fsp3) is 0.875. The third kappa shape index (κ3) is 3.89. The van der Waals surface area contributed by atoms with Crippen LogP contribution in [0.2, 0.25) is 0 Å². The van der Waals surface area contributed by atoms with Crippen molar-refractivity contribution < 1.29 is 13.6 Å². The van der Waals surface area contributed by atoms with Crippen LogP contribution in [-0.2, 0) is 4.79 Å². The minimum Gasteiger partial charge on any atom is -0.347 e. The Labute approximate surface area is 80.6 Å². The Hall–Kier alpha value is -0.380. The standard InChI is InChI=1S/C8H12ClF2NO/c1-5(4-6-2-3-6)12-7(13)8(9,10)11/h5-6H,2-4H2,1H3,(H,12,13). The second kappa shape index (κ2) is 3.78. The molecule has 0 saturated heterocycles. The highest BCUT2D eigenvalue weighted by molar-refractivity contribution is 6.32. The number of carbonyl (C=O) groups excluding carboxylic acids is 1. The summed E-state index contributed by atoms with van der Waals surface area (Å²) < 4.78 is 24.4. The van der Waals surface area contributed by atoms with Crippen LogP contribution in [0.3, 0.4) is 0 Å². The van der Waals surface area contributed by atoms with Crippen LogP contribution in [-0.4, -0.2) is 17.3 Å². The van der Waals surface area contributed by atoms with Gasteiger partial charge in [0.1, 0.15) is 0 Å². The van der Waals surface area contributed by atoms with Gasteiger partial charge in [-0.1, -0.05) is 12.8 Å². The first kappa shape index (κ1) is 10.7. The van der Waals surface area contributed by atoms with E-state index in [9.17, 15) is 13.6 Å². The SMILES string of the molecule is CC(CC1CC1)NC(=O)C(F)(F)Cl. The Morgan fingerprint density at radius 3 is 2.62 bits per heavy atom. The third-order valence-electron chi connectivity index (χ3n) is 2.02. The molecule has 2 nitrogen and oxygen atoms in total. The van der Waals surface area contributed by atoms with Crippen LogP contribution >= 0.6 is 11.6 Å². The van der Waals surface area contributed by atoms with Crippen molar-refractivity contribution in [1.82, 2.24) is 5.32 Å². The van der Waals surface area contributed by atoms with E-state index in [2.05, 4.69) is 16.9 Å². The lowest BCUT2D eigenvalue weighted by Gasteiger charge is -2.15. The van der Waals surface area contributed by atoms with Crippen LogP contribution in [0.4, 0.5) is 8.78 Å². The number of halogens is 3. The van der Waals surface area contributed by atoms with Crippen molar-refractivity contribution in [3.8, 4) is 0 Å². The molecule has 0 spiro atoms. The van der Waals surface area contributed by atoms with Gasteiger partial charge in [0.05, 0.1) is 0 Å². The molecule has 0 aromatic rings. The van der Waals surface area contributed by atoms with Gasteiger partial charge in [-0.2, -0.15) is 8.78 Å². The summed E-state index contributed by atoms with van der Waals surface area (Å²) in [7, 11) is 0. The Balaban J connectivity index is 2.25. The fourth-order valence-corrected chi connectivity index (χ4v) is 1.27. The molecule has 5 heteroatoms. The van der Waals surface area contributed by atoms with E-state index in [1.54, 1.807) is 6.92 Å². The van der Waals surface area contributed by atoms with Crippen molar-refractivity contribution in [3.05, 3.63) is 0 Å². The molecule has 1 aliphatic carbocycles. The first-order chi connectivity index (χ1) is 5.89. The number of nitrogens with one attached hydrogen (secondary N) is 1. The summed E-state index contributed by atoms with van der Waals surface area (Å²) in [4.78, 5) is 10.7.